The Balaban J connectivity index is 1.75. The molecule has 8 nitrogen and oxygen atoms in total. The van der Waals surface area contributed by atoms with Crippen LogP contribution in [0.3, 0.4) is 0 Å². The maximum absolute atomic E-state index is 15.0. The van der Waals surface area contributed by atoms with Crippen LogP contribution >= 0.6 is 0 Å². The molecule has 0 atom stereocenters. The third kappa shape index (κ3) is 5.55. The van der Waals surface area contributed by atoms with Crippen molar-refractivity contribution in [1.29, 1.82) is 0 Å². The van der Waals surface area contributed by atoms with Crippen LogP contribution in [0.2, 0.25) is 0 Å². The van der Waals surface area contributed by atoms with Gasteiger partial charge in [-0.05, 0) is 56.5 Å². The summed E-state index contributed by atoms with van der Waals surface area (Å²) in [6, 6.07) is 6.36. The van der Waals surface area contributed by atoms with Crippen LogP contribution in [0.1, 0.15) is 58.2 Å². The summed E-state index contributed by atoms with van der Waals surface area (Å²) in [5, 5.41) is 8.97. The fourth-order valence-electron chi connectivity index (χ4n) is 3.88. The Morgan fingerprint density at radius 1 is 1.14 bits per heavy atom. The van der Waals surface area contributed by atoms with Gasteiger partial charge in [0, 0.05) is 23.6 Å². The highest BCUT2D eigenvalue weighted by Crippen LogP contribution is 2.39. The van der Waals surface area contributed by atoms with E-state index in [9.17, 15) is 30.8 Å². The van der Waals surface area contributed by atoms with Gasteiger partial charge >= 0.3 is 6.18 Å². The zero-order chi connectivity index (χ0) is 27.1. The van der Waals surface area contributed by atoms with Gasteiger partial charge < -0.3 is 10.1 Å². The average Bonchev–Trinajstić information content (AvgIpc) is 2.73. The van der Waals surface area contributed by atoms with Gasteiger partial charge in [-0.2, -0.15) is 13.2 Å². The molecule has 0 radical (unpaired) electrons. The number of anilines is 1. The molecular formula is C24H22F4N4O4S. The minimum absolute atomic E-state index is 0.00229. The molecule has 1 N–H and O–H groups in total. The molecule has 2 aromatic heterocycles. The van der Waals surface area contributed by atoms with Crippen LogP contribution in [-0.2, 0) is 16.0 Å². The van der Waals surface area contributed by atoms with Gasteiger partial charge in [-0.25, -0.2) is 12.8 Å². The largest absolute Gasteiger partial charge is 0.435 e. The van der Waals surface area contributed by atoms with E-state index in [1.807, 2.05) is 0 Å². The van der Waals surface area contributed by atoms with Crippen molar-refractivity contribution in [3.05, 3.63) is 64.4 Å². The third-order valence-electron chi connectivity index (χ3n) is 6.04. The van der Waals surface area contributed by atoms with E-state index in [0.29, 0.717) is 5.69 Å². The Hall–Kier alpha value is -3.61. The minimum atomic E-state index is -4.94. The molecule has 2 heterocycles. The number of hydrogen-bond acceptors (Lipinski definition) is 7. The van der Waals surface area contributed by atoms with E-state index in [4.69, 9.17) is 4.74 Å². The molecule has 37 heavy (non-hydrogen) atoms. The number of alkyl halides is 3. The first kappa shape index (κ1) is 26.5. The van der Waals surface area contributed by atoms with Crippen LogP contribution in [0, 0.1) is 19.7 Å². The molecule has 0 aliphatic heterocycles. The molecule has 4 rings (SSSR count). The summed E-state index contributed by atoms with van der Waals surface area (Å²) in [6.45, 7) is 2.48. The van der Waals surface area contributed by atoms with E-state index in [1.54, 1.807) is 0 Å². The number of pyridine rings is 1. The van der Waals surface area contributed by atoms with Crippen LogP contribution < -0.4 is 10.1 Å². The molecule has 0 spiro atoms. The van der Waals surface area contributed by atoms with Gasteiger partial charge in [-0.3, -0.25) is 9.78 Å². The summed E-state index contributed by atoms with van der Waals surface area (Å²) in [4.78, 5) is 17.4. The smallest absolute Gasteiger partial charge is 0.432 e. The van der Waals surface area contributed by atoms with E-state index >= 15 is 0 Å². The summed E-state index contributed by atoms with van der Waals surface area (Å²) < 4.78 is 84.8. The maximum Gasteiger partial charge on any atom is 0.435 e. The first-order valence-corrected chi connectivity index (χ1v) is 13.1. The van der Waals surface area contributed by atoms with Crippen molar-refractivity contribution < 1.29 is 35.5 Å². The highest BCUT2D eigenvalue weighted by molar-refractivity contribution is 7.90. The molecule has 196 valence electrons. The Kier molecular flexibility index (Phi) is 6.93. The first-order chi connectivity index (χ1) is 17.3. The number of carbonyl (C=O) groups excluding carboxylic acids is 1. The molecule has 0 unspecified atom stereocenters. The molecule has 0 saturated heterocycles. The number of nitrogens with one attached hydrogen (secondary N) is 1. The van der Waals surface area contributed by atoms with Gasteiger partial charge in [0.1, 0.15) is 5.56 Å². The molecule has 3 aromatic rings. The number of halogens is 4. The van der Waals surface area contributed by atoms with Crippen LogP contribution in [0.5, 0.6) is 11.6 Å². The molecular weight excluding hydrogens is 516 g/mol. The summed E-state index contributed by atoms with van der Waals surface area (Å²) in [5.41, 5.74) is -2.00. The normalized spacial score (nSPS) is 14.2. The number of ether oxygens (including phenoxy) is 1. The summed E-state index contributed by atoms with van der Waals surface area (Å²) in [6.07, 6.45) is -1.21. The van der Waals surface area contributed by atoms with Gasteiger partial charge in [0.05, 0.1) is 10.6 Å². The molecule has 1 aromatic carbocycles. The number of benzene rings is 1. The van der Waals surface area contributed by atoms with E-state index < -0.39 is 56.2 Å². The van der Waals surface area contributed by atoms with Crippen LogP contribution in [0.4, 0.5) is 23.2 Å². The number of carbonyl (C=O) groups is 1. The summed E-state index contributed by atoms with van der Waals surface area (Å²) in [7, 11) is -3.62. The molecule has 13 heteroatoms. The second kappa shape index (κ2) is 9.69. The fourth-order valence-corrected chi connectivity index (χ4v) is 4.55. The Bertz CT molecular complexity index is 1470. The number of nitrogens with zero attached hydrogens (tertiary/aromatic N) is 3. The predicted molar refractivity (Wildman–Crippen MR) is 125 cm³/mol. The lowest BCUT2D eigenvalue weighted by Gasteiger charge is -2.25. The molecule has 1 aliphatic carbocycles. The Morgan fingerprint density at radius 2 is 1.84 bits per heavy atom. The zero-order valence-corrected chi connectivity index (χ0v) is 20.8. The SMILES string of the molecule is Cc1nc(C2CCC2)cc(F)c1Oc1nnc(C(F)(F)F)c(C)c1C(=O)Nc1cccc(S(C)(=O)=O)c1. The minimum Gasteiger partial charge on any atom is -0.432 e. The number of aromatic nitrogens is 3. The Labute approximate surface area is 210 Å². The topological polar surface area (TPSA) is 111 Å². The first-order valence-electron chi connectivity index (χ1n) is 11.2. The number of sulfone groups is 1. The van der Waals surface area contributed by atoms with Gasteiger partial charge in [0.15, 0.2) is 27.1 Å². The van der Waals surface area contributed by atoms with Crippen LogP contribution in [0.15, 0.2) is 35.2 Å². The molecule has 1 aliphatic rings. The lowest BCUT2D eigenvalue weighted by molar-refractivity contribution is -0.142. The second-order valence-corrected chi connectivity index (χ2v) is 10.8. The number of rotatable bonds is 6. The average molecular weight is 539 g/mol. The van der Waals surface area contributed by atoms with E-state index in [1.165, 1.54) is 31.2 Å². The van der Waals surface area contributed by atoms with Crippen molar-refractivity contribution in [3.8, 4) is 11.6 Å². The van der Waals surface area contributed by atoms with E-state index in [0.717, 1.165) is 38.5 Å². The standard InChI is InChI=1S/C24H22F4N4O4S/c1-12-19(22(33)30-15-8-5-9-16(10-15)37(3,34)35)23(32-31-21(12)24(26,27)28)36-20-13(2)29-18(11-17(20)25)14-6-4-7-14/h5,8-11,14H,4,6-7H2,1-3H3,(H,30,33). The fraction of sp³-hybridized carbons (Fsp3) is 0.333. The summed E-state index contributed by atoms with van der Waals surface area (Å²) >= 11 is 0. The number of hydrogen-bond donors (Lipinski definition) is 1. The van der Waals surface area contributed by atoms with E-state index in [2.05, 4.69) is 20.5 Å². The lowest BCUT2D eigenvalue weighted by atomic mass is 9.82. The quantitative estimate of drug-likeness (QED) is 0.421. The van der Waals surface area contributed by atoms with Gasteiger partial charge in [0.2, 0.25) is 0 Å². The second-order valence-electron chi connectivity index (χ2n) is 8.78. The molecule has 1 saturated carbocycles. The van der Waals surface area contributed by atoms with Crippen LogP contribution in [0.25, 0.3) is 0 Å². The van der Waals surface area contributed by atoms with Crippen molar-refractivity contribution >= 4 is 21.4 Å². The maximum atomic E-state index is 15.0. The van der Waals surface area contributed by atoms with Crippen molar-refractivity contribution in [3.63, 3.8) is 0 Å². The van der Waals surface area contributed by atoms with Gasteiger partial charge in [0.25, 0.3) is 11.8 Å². The van der Waals surface area contributed by atoms with Crippen molar-refractivity contribution in [2.45, 2.75) is 50.1 Å². The molecule has 1 amide bonds. The van der Waals surface area contributed by atoms with Crippen LogP contribution in [-0.4, -0.2) is 35.8 Å². The summed E-state index contributed by atoms with van der Waals surface area (Å²) in [5.74, 6) is -2.83. The molecule has 1 fully saturated rings. The number of amides is 1. The monoisotopic (exact) mass is 538 g/mol. The highest BCUT2D eigenvalue weighted by atomic mass is 32.2. The molecule has 0 bridgehead atoms. The third-order valence-corrected chi connectivity index (χ3v) is 7.15. The zero-order valence-electron chi connectivity index (χ0n) is 20.0. The van der Waals surface area contributed by atoms with Gasteiger partial charge in [-0.1, -0.05) is 12.5 Å². The van der Waals surface area contributed by atoms with Crippen molar-refractivity contribution in [2.75, 3.05) is 11.6 Å². The number of aryl methyl sites for hydroxylation is 1. The lowest BCUT2D eigenvalue weighted by Crippen LogP contribution is -2.21. The van der Waals surface area contributed by atoms with E-state index in [-0.39, 0.29) is 22.2 Å². The van der Waals surface area contributed by atoms with Gasteiger partial charge in [-0.15, -0.1) is 10.2 Å². The van der Waals surface area contributed by atoms with Crippen molar-refractivity contribution in [2.24, 2.45) is 0 Å². The highest BCUT2D eigenvalue weighted by Gasteiger charge is 2.38. The predicted octanol–water partition coefficient (Wildman–Crippen LogP) is 5.36. The Morgan fingerprint density at radius 3 is 2.41 bits per heavy atom. The van der Waals surface area contributed by atoms with Crippen molar-refractivity contribution in [1.82, 2.24) is 15.2 Å².